The Labute approximate surface area is 101 Å². The Balaban J connectivity index is 2.76. The first-order chi connectivity index (χ1) is 8.24. The third kappa shape index (κ3) is 4.85. The van der Waals surface area contributed by atoms with Gasteiger partial charge in [0.15, 0.2) is 0 Å². The van der Waals surface area contributed by atoms with Crippen LogP contribution in [0.3, 0.4) is 0 Å². The summed E-state index contributed by atoms with van der Waals surface area (Å²) in [6.07, 6.45) is 7.41. The van der Waals surface area contributed by atoms with Gasteiger partial charge in [-0.15, -0.1) is 12.3 Å². The van der Waals surface area contributed by atoms with Gasteiger partial charge in [-0.25, -0.2) is 10.2 Å². The van der Waals surface area contributed by atoms with Crippen LogP contribution in [0.15, 0.2) is 35.4 Å². The first kappa shape index (κ1) is 12.8. The number of nitrogens with two attached hydrogens (primary N) is 1. The maximum Gasteiger partial charge on any atom is 0.332 e. The number of amides is 2. The lowest BCUT2D eigenvalue weighted by Gasteiger charge is -2.05. The van der Waals surface area contributed by atoms with Crippen molar-refractivity contribution < 1.29 is 4.79 Å². The van der Waals surface area contributed by atoms with Gasteiger partial charge >= 0.3 is 6.03 Å². The highest BCUT2D eigenvalue weighted by atomic mass is 16.2. The topological polar surface area (TPSA) is 67.5 Å². The zero-order chi connectivity index (χ0) is 12.5. The Hall–Kier alpha value is -2.28. The van der Waals surface area contributed by atoms with Crippen LogP contribution in [-0.4, -0.2) is 11.7 Å². The van der Waals surface area contributed by atoms with Gasteiger partial charge in [-0.05, 0) is 18.4 Å². The van der Waals surface area contributed by atoms with Crippen LogP contribution in [0.4, 0.5) is 4.79 Å². The molecule has 0 spiro atoms. The molecule has 0 aliphatic rings. The highest BCUT2D eigenvalue weighted by molar-refractivity contribution is 6.00. The summed E-state index contributed by atoms with van der Waals surface area (Å²) in [7, 11) is 0. The van der Waals surface area contributed by atoms with Crippen LogP contribution in [0.2, 0.25) is 0 Å². The number of nitrogens with zero attached hydrogens (tertiary/aromatic N) is 1. The number of rotatable bonds is 5. The summed E-state index contributed by atoms with van der Waals surface area (Å²) in [5, 5.41) is 3.99. The standard InChI is InChI=1S/C13H15N3O/c1-2-3-5-10-12(15-16-13(14)17)11-8-6-4-7-9-11/h1,4,6-9H,3,5,10H2,(H3,14,16,17). The van der Waals surface area contributed by atoms with Crippen LogP contribution in [-0.2, 0) is 0 Å². The molecule has 0 radical (unpaired) electrons. The molecule has 0 atom stereocenters. The number of hydrazone groups is 1. The van der Waals surface area contributed by atoms with Crippen LogP contribution in [0.1, 0.15) is 24.8 Å². The summed E-state index contributed by atoms with van der Waals surface area (Å²) in [5.74, 6) is 2.57. The van der Waals surface area contributed by atoms with Crippen LogP contribution in [0.5, 0.6) is 0 Å². The molecule has 1 aromatic rings. The molecule has 0 bridgehead atoms. The normalized spacial score (nSPS) is 10.6. The van der Waals surface area contributed by atoms with Crippen LogP contribution in [0.25, 0.3) is 0 Å². The van der Waals surface area contributed by atoms with Gasteiger partial charge in [0.05, 0.1) is 5.71 Å². The maximum absolute atomic E-state index is 10.6. The average molecular weight is 229 g/mol. The summed E-state index contributed by atoms with van der Waals surface area (Å²) in [6, 6.07) is 8.93. The van der Waals surface area contributed by atoms with Crippen molar-refractivity contribution in [2.24, 2.45) is 10.8 Å². The molecule has 1 rings (SSSR count). The second kappa shape index (κ2) is 7.07. The fourth-order valence-corrected chi connectivity index (χ4v) is 1.38. The van der Waals surface area contributed by atoms with Crippen molar-refractivity contribution in [2.75, 3.05) is 0 Å². The predicted molar refractivity (Wildman–Crippen MR) is 68.4 cm³/mol. The average Bonchev–Trinajstić information content (AvgIpc) is 2.34. The van der Waals surface area contributed by atoms with Crippen molar-refractivity contribution >= 4 is 11.7 Å². The number of nitrogens with one attached hydrogen (secondary N) is 1. The summed E-state index contributed by atoms with van der Waals surface area (Å²) >= 11 is 0. The van der Waals surface area contributed by atoms with Gasteiger partial charge in [-0.1, -0.05) is 30.3 Å². The van der Waals surface area contributed by atoms with E-state index in [1.54, 1.807) is 0 Å². The molecule has 2 amide bonds. The van der Waals surface area contributed by atoms with Gasteiger partial charge < -0.3 is 5.73 Å². The van der Waals surface area contributed by atoms with Crippen LogP contribution < -0.4 is 11.2 Å². The predicted octanol–water partition coefficient (Wildman–Crippen LogP) is 1.86. The number of carbonyl (C=O) groups excluding carboxylic acids is 1. The zero-order valence-electron chi connectivity index (χ0n) is 9.52. The molecule has 4 heteroatoms. The van der Waals surface area contributed by atoms with Crippen molar-refractivity contribution in [3.63, 3.8) is 0 Å². The quantitative estimate of drug-likeness (QED) is 0.344. The molecule has 0 saturated heterocycles. The molecule has 0 fully saturated rings. The maximum atomic E-state index is 10.6. The summed E-state index contributed by atoms with van der Waals surface area (Å²) in [5.41, 5.74) is 8.96. The number of urea groups is 1. The van der Waals surface area contributed by atoms with E-state index in [9.17, 15) is 4.79 Å². The lowest BCUT2D eigenvalue weighted by atomic mass is 10.1. The van der Waals surface area contributed by atoms with E-state index in [1.807, 2.05) is 30.3 Å². The summed E-state index contributed by atoms with van der Waals surface area (Å²) in [6.45, 7) is 0. The number of primary amides is 1. The molecular weight excluding hydrogens is 214 g/mol. The molecule has 17 heavy (non-hydrogen) atoms. The van der Waals surface area contributed by atoms with Crippen LogP contribution >= 0.6 is 0 Å². The van der Waals surface area contributed by atoms with Crippen molar-refractivity contribution in [1.82, 2.24) is 5.43 Å². The largest absolute Gasteiger partial charge is 0.350 e. The lowest BCUT2D eigenvalue weighted by Crippen LogP contribution is -2.26. The Morgan fingerprint density at radius 1 is 1.41 bits per heavy atom. The highest BCUT2D eigenvalue weighted by Crippen LogP contribution is 2.07. The molecule has 0 aromatic heterocycles. The van der Waals surface area contributed by atoms with Crippen molar-refractivity contribution in [1.29, 1.82) is 0 Å². The molecule has 3 N–H and O–H groups in total. The first-order valence-electron chi connectivity index (χ1n) is 5.35. The van der Waals surface area contributed by atoms with Gasteiger partial charge in [-0.3, -0.25) is 0 Å². The van der Waals surface area contributed by atoms with Crippen molar-refractivity contribution in [3.8, 4) is 12.3 Å². The van der Waals surface area contributed by atoms with Crippen molar-refractivity contribution in [3.05, 3.63) is 35.9 Å². The van der Waals surface area contributed by atoms with E-state index in [0.29, 0.717) is 12.8 Å². The smallest absolute Gasteiger partial charge is 0.332 e. The van der Waals surface area contributed by atoms with E-state index in [0.717, 1.165) is 17.7 Å². The van der Waals surface area contributed by atoms with Crippen molar-refractivity contribution in [2.45, 2.75) is 19.3 Å². The van der Waals surface area contributed by atoms with Gasteiger partial charge in [0.2, 0.25) is 0 Å². The minimum absolute atomic E-state index is 0.671. The Morgan fingerprint density at radius 2 is 2.12 bits per heavy atom. The van der Waals surface area contributed by atoms with Gasteiger partial charge in [0, 0.05) is 6.42 Å². The fourth-order valence-electron chi connectivity index (χ4n) is 1.38. The minimum atomic E-state index is -0.671. The molecule has 0 saturated carbocycles. The summed E-state index contributed by atoms with van der Waals surface area (Å²) < 4.78 is 0. The van der Waals surface area contributed by atoms with Gasteiger partial charge in [0.25, 0.3) is 0 Å². The monoisotopic (exact) mass is 229 g/mol. The molecule has 1 aromatic carbocycles. The zero-order valence-corrected chi connectivity index (χ0v) is 9.52. The third-order valence-corrected chi connectivity index (χ3v) is 2.14. The molecule has 4 nitrogen and oxygen atoms in total. The number of carbonyl (C=O) groups is 1. The number of unbranched alkanes of at least 4 members (excludes halogenated alkanes) is 1. The molecular formula is C13H15N3O. The van der Waals surface area contributed by atoms with Gasteiger partial charge in [0.1, 0.15) is 0 Å². The van der Waals surface area contributed by atoms with Gasteiger partial charge in [-0.2, -0.15) is 5.10 Å². The third-order valence-electron chi connectivity index (χ3n) is 2.14. The second-order valence-corrected chi connectivity index (χ2v) is 3.46. The highest BCUT2D eigenvalue weighted by Gasteiger charge is 2.03. The first-order valence-corrected chi connectivity index (χ1v) is 5.35. The molecule has 0 unspecified atom stereocenters. The van der Waals surface area contributed by atoms with E-state index in [4.69, 9.17) is 12.2 Å². The molecule has 88 valence electrons. The molecule has 0 aliphatic heterocycles. The Morgan fingerprint density at radius 3 is 2.71 bits per heavy atom. The molecule has 0 aliphatic carbocycles. The van der Waals surface area contributed by atoms with E-state index in [-0.39, 0.29) is 0 Å². The molecule has 0 heterocycles. The SMILES string of the molecule is C#CCCCC(=NNC(N)=O)c1ccccc1. The van der Waals surface area contributed by atoms with E-state index < -0.39 is 6.03 Å². The number of benzene rings is 1. The Kier molecular flexibility index (Phi) is 5.32. The second-order valence-electron chi connectivity index (χ2n) is 3.46. The minimum Gasteiger partial charge on any atom is -0.350 e. The van der Waals surface area contributed by atoms with Crippen LogP contribution in [0, 0.1) is 12.3 Å². The summed E-state index contributed by atoms with van der Waals surface area (Å²) in [4.78, 5) is 10.6. The number of hydrogen-bond donors (Lipinski definition) is 2. The fraction of sp³-hybridized carbons (Fsp3) is 0.231. The van der Waals surface area contributed by atoms with E-state index >= 15 is 0 Å². The Bertz CT molecular complexity index is 432. The van der Waals surface area contributed by atoms with E-state index in [1.165, 1.54) is 0 Å². The number of terminal acetylenes is 1. The lowest BCUT2D eigenvalue weighted by molar-refractivity contribution is 0.249. The van der Waals surface area contributed by atoms with E-state index in [2.05, 4.69) is 16.4 Å². The number of hydrogen-bond acceptors (Lipinski definition) is 2.